The van der Waals surface area contributed by atoms with Crippen molar-refractivity contribution in [3.05, 3.63) is 82.8 Å². The quantitative estimate of drug-likeness (QED) is 0.384. The molecule has 0 saturated heterocycles. The number of furan rings is 1. The highest BCUT2D eigenvalue weighted by Gasteiger charge is 2.14. The van der Waals surface area contributed by atoms with Crippen LogP contribution in [0, 0.1) is 5.82 Å². The van der Waals surface area contributed by atoms with Crippen LogP contribution >= 0.6 is 23.4 Å². The third-order valence-corrected chi connectivity index (χ3v) is 5.08. The zero-order chi connectivity index (χ0) is 18.6. The summed E-state index contributed by atoms with van der Waals surface area (Å²) in [7, 11) is 0. The van der Waals surface area contributed by atoms with Gasteiger partial charge in [-0.1, -0.05) is 47.1 Å². The smallest absolute Gasteiger partial charge is 0.293 e. The van der Waals surface area contributed by atoms with Gasteiger partial charge in [0.15, 0.2) is 5.76 Å². The lowest BCUT2D eigenvalue weighted by atomic mass is 10.2. The van der Waals surface area contributed by atoms with Crippen LogP contribution in [0.15, 0.2) is 69.6 Å². The monoisotopic (exact) mass is 400 g/mol. The first-order valence-electron chi connectivity index (χ1n) is 8.19. The molecule has 4 aromatic rings. The largest absolute Gasteiger partial charge is 0.455 e. The van der Waals surface area contributed by atoms with E-state index in [1.165, 1.54) is 6.07 Å². The second-order valence-corrected chi connectivity index (χ2v) is 7.21. The van der Waals surface area contributed by atoms with Crippen molar-refractivity contribution in [3.8, 4) is 23.0 Å². The lowest BCUT2D eigenvalue weighted by Gasteiger charge is -2.01. The molecule has 0 aliphatic rings. The molecule has 4 rings (SSSR count). The van der Waals surface area contributed by atoms with Crippen LogP contribution in [0.4, 0.5) is 4.39 Å². The van der Waals surface area contributed by atoms with Gasteiger partial charge >= 0.3 is 0 Å². The van der Waals surface area contributed by atoms with Gasteiger partial charge in [-0.2, -0.15) is 4.98 Å². The fraction of sp³-hybridized carbons (Fsp3) is 0.100. The summed E-state index contributed by atoms with van der Waals surface area (Å²) in [5.74, 6) is 3.00. The SMILES string of the molecule is Fc1ccccc1CSCc1ccc(-c2nc(-c3cccc(Cl)c3)no2)o1. The average molecular weight is 401 g/mol. The molecule has 0 N–H and O–H groups in total. The van der Waals surface area contributed by atoms with Crippen molar-refractivity contribution in [1.82, 2.24) is 10.1 Å². The van der Waals surface area contributed by atoms with Crippen molar-refractivity contribution < 1.29 is 13.3 Å². The number of hydrogen-bond donors (Lipinski definition) is 0. The average Bonchev–Trinajstić information content (AvgIpc) is 3.33. The van der Waals surface area contributed by atoms with Gasteiger partial charge in [-0.05, 0) is 35.9 Å². The molecule has 0 atom stereocenters. The minimum atomic E-state index is -0.190. The summed E-state index contributed by atoms with van der Waals surface area (Å²) >= 11 is 7.56. The maximum atomic E-state index is 13.6. The van der Waals surface area contributed by atoms with E-state index < -0.39 is 0 Å². The lowest BCUT2D eigenvalue weighted by molar-refractivity contribution is 0.413. The van der Waals surface area contributed by atoms with Gasteiger partial charge in [-0.25, -0.2) is 4.39 Å². The van der Waals surface area contributed by atoms with Crippen molar-refractivity contribution in [2.45, 2.75) is 11.5 Å². The molecule has 0 aliphatic heterocycles. The number of aromatic nitrogens is 2. The van der Waals surface area contributed by atoms with Crippen LogP contribution < -0.4 is 0 Å². The Balaban J connectivity index is 1.41. The fourth-order valence-electron chi connectivity index (χ4n) is 2.52. The molecule has 0 unspecified atom stereocenters. The molecule has 27 heavy (non-hydrogen) atoms. The Hall–Kier alpha value is -2.57. The van der Waals surface area contributed by atoms with Gasteiger partial charge in [0.2, 0.25) is 5.82 Å². The molecule has 0 spiro atoms. The third kappa shape index (κ3) is 4.23. The van der Waals surface area contributed by atoms with Gasteiger partial charge in [-0.15, -0.1) is 11.8 Å². The number of nitrogens with zero attached hydrogens (tertiary/aromatic N) is 2. The summed E-state index contributed by atoms with van der Waals surface area (Å²) in [5.41, 5.74) is 1.45. The second-order valence-electron chi connectivity index (χ2n) is 5.78. The molecule has 0 fully saturated rings. The molecule has 0 aliphatic carbocycles. The van der Waals surface area contributed by atoms with Crippen molar-refractivity contribution >= 4 is 23.4 Å². The maximum absolute atomic E-state index is 13.6. The maximum Gasteiger partial charge on any atom is 0.293 e. The predicted octanol–water partition coefficient (Wildman–Crippen LogP) is 6.22. The Morgan fingerprint density at radius 3 is 2.74 bits per heavy atom. The van der Waals surface area contributed by atoms with Gasteiger partial charge < -0.3 is 8.94 Å². The molecule has 136 valence electrons. The van der Waals surface area contributed by atoms with Crippen LogP contribution in [-0.4, -0.2) is 10.1 Å². The van der Waals surface area contributed by atoms with Gasteiger partial charge in [0.05, 0.1) is 5.75 Å². The van der Waals surface area contributed by atoms with Gasteiger partial charge in [-0.3, -0.25) is 0 Å². The van der Waals surface area contributed by atoms with Gasteiger partial charge in [0, 0.05) is 16.3 Å². The summed E-state index contributed by atoms with van der Waals surface area (Å²) in [6.07, 6.45) is 0. The Bertz CT molecular complexity index is 1060. The Labute approximate surface area is 164 Å². The molecule has 2 heterocycles. The van der Waals surface area contributed by atoms with E-state index in [0.717, 1.165) is 11.3 Å². The number of benzene rings is 2. The summed E-state index contributed by atoms with van der Waals surface area (Å²) < 4.78 is 24.7. The fourth-order valence-corrected chi connectivity index (χ4v) is 3.62. The standard InChI is InChI=1S/C20H14ClFN2O2S/c21-15-6-3-5-13(10-15)19-23-20(26-24-19)18-9-8-16(25-18)12-27-11-14-4-1-2-7-17(14)22/h1-10H,11-12H2. The Morgan fingerprint density at radius 2 is 1.89 bits per heavy atom. The molecule has 2 aromatic heterocycles. The van der Waals surface area contributed by atoms with E-state index >= 15 is 0 Å². The van der Waals surface area contributed by atoms with Crippen molar-refractivity contribution in [1.29, 1.82) is 0 Å². The summed E-state index contributed by atoms with van der Waals surface area (Å²) in [4.78, 5) is 4.36. The first kappa shape index (κ1) is 17.8. The summed E-state index contributed by atoms with van der Waals surface area (Å²) in [6.45, 7) is 0. The Kier molecular flexibility index (Phi) is 5.27. The third-order valence-electron chi connectivity index (χ3n) is 3.84. The molecule has 0 bridgehead atoms. The number of rotatable bonds is 6. The molecule has 0 saturated carbocycles. The molecule has 0 radical (unpaired) electrons. The van der Waals surface area contributed by atoms with Gasteiger partial charge in [0.25, 0.3) is 5.89 Å². The normalized spacial score (nSPS) is 11.0. The van der Waals surface area contributed by atoms with Crippen LogP contribution in [0.1, 0.15) is 11.3 Å². The topological polar surface area (TPSA) is 52.1 Å². The van der Waals surface area contributed by atoms with E-state index in [1.54, 1.807) is 42.1 Å². The van der Waals surface area contributed by atoms with Crippen LogP contribution in [-0.2, 0) is 11.5 Å². The van der Waals surface area contributed by atoms with Crippen LogP contribution in [0.5, 0.6) is 0 Å². The number of hydrogen-bond acceptors (Lipinski definition) is 5. The van der Waals surface area contributed by atoms with Crippen LogP contribution in [0.3, 0.4) is 0 Å². The van der Waals surface area contributed by atoms with Gasteiger partial charge in [0.1, 0.15) is 11.6 Å². The summed E-state index contributed by atoms with van der Waals surface area (Å²) in [6, 6.07) is 17.6. The van der Waals surface area contributed by atoms with E-state index in [4.69, 9.17) is 20.5 Å². The molecular formula is C20H14ClFN2O2S. The minimum absolute atomic E-state index is 0.190. The van der Waals surface area contributed by atoms with E-state index in [1.807, 2.05) is 24.3 Å². The van der Waals surface area contributed by atoms with Crippen molar-refractivity contribution in [2.24, 2.45) is 0 Å². The minimum Gasteiger partial charge on any atom is -0.455 e. The number of thioether (sulfide) groups is 1. The van der Waals surface area contributed by atoms with Crippen molar-refractivity contribution in [3.63, 3.8) is 0 Å². The molecule has 2 aromatic carbocycles. The van der Waals surface area contributed by atoms with E-state index in [0.29, 0.717) is 39.6 Å². The molecule has 4 nitrogen and oxygen atoms in total. The highest BCUT2D eigenvalue weighted by molar-refractivity contribution is 7.97. The molecule has 0 amide bonds. The van der Waals surface area contributed by atoms with Crippen molar-refractivity contribution in [2.75, 3.05) is 0 Å². The summed E-state index contributed by atoms with van der Waals surface area (Å²) in [5, 5.41) is 4.58. The zero-order valence-electron chi connectivity index (χ0n) is 14.1. The van der Waals surface area contributed by atoms with Crippen LogP contribution in [0.25, 0.3) is 23.0 Å². The lowest BCUT2D eigenvalue weighted by Crippen LogP contribution is -1.86. The Morgan fingerprint density at radius 1 is 1.00 bits per heavy atom. The highest BCUT2D eigenvalue weighted by atomic mass is 35.5. The highest BCUT2D eigenvalue weighted by Crippen LogP contribution is 2.27. The first-order valence-corrected chi connectivity index (χ1v) is 9.72. The van der Waals surface area contributed by atoms with Crippen LogP contribution in [0.2, 0.25) is 5.02 Å². The first-order chi connectivity index (χ1) is 13.2. The zero-order valence-corrected chi connectivity index (χ0v) is 15.6. The number of halogens is 2. The van der Waals surface area contributed by atoms with E-state index in [9.17, 15) is 4.39 Å². The molecule has 7 heteroatoms. The predicted molar refractivity (Wildman–Crippen MR) is 104 cm³/mol. The molecular weight excluding hydrogens is 387 g/mol. The van der Waals surface area contributed by atoms with E-state index in [2.05, 4.69) is 10.1 Å². The second kappa shape index (κ2) is 7.98. The van der Waals surface area contributed by atoms with E-state index in [-0.39, 0.29) is 5.82 Å².